The van der Waals surface area contributed by atoms with Crippen molar-refractivity contribution in [2.75, 3.05) is 11.9 Å². The molecule has 26 heavy (non-hydrogen) atoms. The molecule has 1 N–H and O–H groups in total. The second-order valence-corrected chi connectivity index (χ2v) is 6.84. The lowest BCUT2D eigenvalue weighted by Crippen LogP contribution is -2.14. The van der Waals surface area contributed by atoms with Crippen molar-refractivity contribution in [2.24, 2.45) is 0 Å². The first-order chi connectivity index (χ1) is 12.7. The van der Waals surface area contributed by atoms with E-state index in [1.54, 1.807) is 6.33 Å². The summed E-state index contributed by atoms with van der Waals surface area (Å²) in [5.74, 6) is 0.750. The van der Waals surface area contributed by atoms with Gasteiger partial charge >= 0.3 is 0 Å². The molecule has 4 rings (SSSR count). The molecule has 0 spiro atoms. The lowest BCUT2D eigenvalue weighted by Gasteiger charge is -2.04. The van der Waals surface area contributed by atoms with Crippen molar-refractivity contribution < 1.29 is 9.53 Å². The first-order valence-corrected chi connectivity index (χ1v) is 9.27. The number of carbonyl (C=O) groups excluding carboxylic acids is 1. The molecule has 0 aliphatic carbocycles. The Morgan fingerprint density at radius 2 is 2.12 bits per heavy atom. The number of nitrogens with one attached hydrogen (secondary N) is 1. The second kappa shape index (κ2) is 7.13. The van der Waals surface area contributed by atoms with E-state index >= 15 is 0 Å². The summed E-state index contributed by atoms with van der Waals surface area (Å²) in [7, 11) is 0. The number of imidazole rings is 1. The van der Waals surface area contributed by atoms with Crippen LogP contribution in [0.4, 0.5) is 5.13 Å². The predicted molar refractivity (Wildman–Crippen MR) is 104 cm³/mol. The molecular weight excluding hydrogens is 348 g/mol. The molecule has 0 fully saturated rings. The minimum Gasteiger partial charge on any atom is -0.494 e. The van der Waals surface area contributed by atoms with Crippen LogP contribution in [0.25, 0.3) is 21.3 Å². The molecule has 4 aromatic rings. The number of anilines is 1. The summed E-state index contributed by atoms with van der Waals surface area (Å²) < 4.78 is 8.48. The van der Waals surface area contributed by atoms with Gasteiger partial charge in [-0.15, -0.1) is 0 Å². The molecular formula is C19H18N4O2S. The molecule has 0 radical (unpaired) electrons. The van der Waals surface area contributed by atoms with Gasteiger partial charge in [0.2, 0.25) is 5.91 Å². The quantitative estimate of drug-likeness (QED) is 0.558. The molecule has 0 saturated heterocycles. The van der Waals surface area contributed by atoms with Crippen LogP contribution in [0.15, 0.2) is 48.8 Å². The van der Waals surface area contributed by atoms with E-state index in [9.17, 15) is 4.79 Å². The number of benzene rings is 2. The van der Waals surface area contributed by atoms with Crippen molar-refractivity contribution in [1.82, 2.24) is 14.5 Å². The Morgan fingerprint density at radius 1 is 1.23 bits per heavy atom. The number of amides is 1. The molecule has 0 atom stereocenters. The minimum atomic E-state index is -0.0631. The van der Waals surface area contributed by atoms with Gasteiger partial charge in [-0.25, -0.2) is 9.97 Å². The Kier molecular flexibility index (Phi) is 4.53. The van der Waals surface area contributed by atoms with Gasteiger partial charge < -0.3 is 14.6 Å². The summed E-state index contributed by atoms with van der Waals surface area (Å²) >= 11 is 1.45. The van der Waals surface area contributed by atoms with E-state index < -0.39 is 0 Å². The van der Waals surface area contributed by atoms with Crippen molar-refractivity contribution in [1.29, 1.82) is 0 Å². The largest absolute Gasteiger partial charge is 0.494 e. The number of ether oxygens (including phenoxy) is 1. The highest BCUT2D eigenvalue weighted by Gasteiger charge is 2.10. The van der Waals surface area contributed by atoms with Crippen LogP contribution in [0.2, 0.25) is 0 Å². The fourth-order valence-corrected chi connectivity index (χ4v) is 3.72. The van der Waals surface area contributed by atoms with Crippen molar-refractivity contribution in [3.8, 4) is 5.75 Å². The van der Waals surface area contributed by atoms with E-state index in [1.165, 1.54) is 11.3 Å². The smallest absolute Gasteiger partial charge is 0.227 e. The van der Waals surface area contributed by atoms with E-state index in [-0.39, 0.29) is 5.91 Å². The van der Waals surface area contributed by atoms with Gasteiger partial charge in [0.15, 0.2) is 5.13 Å². The standard InChI is InChI=1S/C19H18N4O2S/c1-2-25-13-7-8-15-17(11-13)26-19(21-15)22-18(24)9-10-23-12-20-14-5-3-4-6-16(14)23/h3-8,11-12H,2,9-10H2,1H3,(H,21,22,24). The number of aryl methyl sites for hydroxylation is 1. The van der Waals surface area contributed by atoms with E-state index in [2.05, 4.69) is 15.3 Å². The number of rotatable bonds is 6. The molecule has 1 amide bonds. The highest BCUT2D eigenvalue weighted by atomic mass is 32.1. The molecule has 0 aliphatic heterocycles. The molecule has 0 aliphatic rings. The lowest BCUT2D eigenvalue weighted by atomic mass is 10.3. The van der Waals surface area contributed by atoms with Crippen LogP contribution in [0.5, 0.6) is 5.75 Å². The van der Waals surface area contributed by atoms with Crippen LogP contribution < -0.4 is 10.1 Å². The number of fused-ring (bicyclic) bond motifs is 2. The maximum Gasteiger partial charge on any atom is 0.227 e. The first-order valence-electron chi connectivity index (χ1n) is 8.46. The summed E-state index contributed by atoms with van der Waals surface area (Å²) in [6.45, 7) is 3.15. The zero-order valence-corrected chi connectivity index (χ0v) is 15.1. The van der Waals surface area contributed by atoms with Gasteiger partial charge in [0, 0.05) is 13.0 Å². The van der Waals surface area contributed by atoms with Crippen LogP contribution >= 0.6 is 11.3 Å². The zero-order chi connectivity index (χ0) is 17.9. The summed E-state index contributed by atoms with van der Waals surface area (Å²) in [5, 5.41) is 3.49. The highest BCUT2D eigenvalue weighted by Crippen LogP contribution is 2.29. The fourth-order valence-electron chi connectivity index (χ4n) is 2.81. The Hall–Kier alpha value is -2.93. The molecule has 2 aromatic carbocycles. The van der Waals surface area contributed by atoms with Crippen LogP contribution in [-0.4, -0.2) is 27.0 Å². The van der Waals surface area contributed by atoms with Crippen LogP contribution in [0.1, 0.15) is 13.3 Å². The number of nitrogens with zero attached hydrogens (tertiary/aromatic N) is 3. The SMILES string of the molecule is CCOc1ccc2nc(NC(=O)CCn3cnc4ccccc43)sc2c1. The Labute approximate surface area is 154 Å². The van der Waals surface area contributed by atoms with Crippen LogP contribution in [-0.2, 0) is 11.3 Å². The summed E-state index contributed by atoms with van der Waals surface area (Å²) in [5.41, 5.74) is 2.82. The number of para-hydroxylation sites is 2. The number of hydrogen-bond donors (Lipinski definition) is 1. The average Bonchev–Trinajstić information content (AvgIpc) is 3.23. The normalized spacial score (nSPS) is 11.1. The van der Waals surface area contributed by atoms with Gasteiger partial charge in [-0.1, -0.05) is 23.5 Å². The molecule has 0 unspecified atom stereocenters. The number of carbonyl (C=O) groups is 1. The van der Waals surface area contributed by atoms with Gasteiger partial charge in [0.05, 0.1) is 34.2 Å². The second-order valence-electron chi connectivity index (χ2n) is 5.81. The monoisotopic (exact) mass is 366 g/mol. The topological polar surface area (TPSA) is 69.0 Å². The minimum absolute atomic E-state index is 0.0631. The lowest BCUT2D eigenvalue weighted by molar-refractivity contribution is -0.116. The average molecular weight is 366 g/mol. The molecule has 0 saturated carbocycles. The van der Waals surface area contributed by atoms with Gasteiger partial charge in [-0.05, 0) is 37.3 Å². The maximum absolute atomic E-state index is 12.3. The summed E-state index contributed by atoms with van der Waals surface area (Å²) in [4.78, 5) is 21.1. The number of aromatic nitrogens is 3. The predicted octanol–water partition coefficient (Wildman–Crippen LogP) is 4.07. The molecule has 0 bridgehead atoms. The molecule has 132 valence electrons. The third-order valence-electron chi connectivity index (χ3n) is 4.02. The number of hydrogen-bond acceptors (Lipinski definition) is 5. The Bertz CT molecular complexity index is 1070. The zero-order valence-electron chi connectivity index (χ0n) is 14.3. The number of thiazole rings is 1. The highest BCUT2D eigenvalue weighted by molar-refractivity contribution is 7.22. The van der Waals surface area contributed by atoms with Crippen molar-refractivity contribution in [3.05, 3.63) is 48.8 Å². The first kappa shape index (κ1) is 16.5. The van der Waals surface area contributed by atoms with Gasteiger partial charge in [0.1, 0.15) is 5.75 Å². The Morgan fingerprint density at radius 3 is 3.00 bits per heavy atom. The third kappa shape index (κ3) is 3.39. The molecule has 2 aromatic heterocycles. The summed E-state index contributed by atoms with van der Waals surface area (Å²) in [6, 6.07) is 13.6. The van der Waals surface area contributed by atoms with Crippen LogP contribution in [0, 0.1) is 0 Å². The van der Waals surface area contributed by atoms with E-state index in [1.807, 2.05) is 54.0 Å². The van der Waals surface area contributed by atoms with Gasteiger partial charge in [-0.3, -0.25) is 4.79 Å². The summed E-state index contributed by atoms with van der Waals surface area (Å²) in [6.07, 6.45) is 2.13. The fraction of sp³-hybridized carbons (Fsp3) is 0.211. The van der Waals surface area contributed by atoms with Crippen molar-refractivity contribution in [2.45, 2.75) is 19.9 Å². The maximum atomic E-state index is 12.3. The van der Waals surface area contributed by atoms with Crippen molar-refractivity contribution >= 4 is 43.6 Å². The third-order valence-corrected chi connectivity index (χ3v) is 4.96. The molecule has 6 nitrogen and oxygen atoms in total. The van der Waals surface area contributed by atoms with E-state index in [0.717, 1.165) is 27.0 Å². The van der Waals surface area contributed by atoms with E-state index in [0.29, 0.717) is 24.7 Å². The van der Waals surface area contributed by atoms with Crippen LogP contribution in [0.3, 0.4) is 0 Å². The van der Waals surface area contributed by atoms with Gasteiger partial charge in [0.25, 0.3) is 0 Å². The van der Waals surface area contributed by atoms with E-state index in [4.69, 9.17) is 4.74 Å². The molecule has 7 heteroatoms. The van der Waals surface area contributed by atoms with Crippen molar-refractivity contribution in [3.63, 3.8) is 0 Å². The Balaban J connectivity index is 1.42. The molecule has 2 heterocycles. The van der Waals surface area contributed by atoms with Gasteiger partial charge in [-0.2, -0.15) is 0 Å².